The van der Waals surface area contributed by atoms with Crippen molar-refractivity contribution >= 4 is 27.8 Å². The monoisotopic (exact) mass is 547 g/mol. The van der Waals surface area contributed by atoms with Crippen molar-refractivity contribution in [3.05, 3.63) is 166 Å². The summed E-state index contributed by atoms with van der Waals surface area (Å²) in [7, 11) is 0. The van der Waals surface area contributed by atoms with Crippen LogP contribution in [0.4, 0.5) is 5.82 Å². The molecule has 0 saturated heterocycles. The molecule has 7 nitrogen and oxygen atoms in total. The Kier molecular flexibility index (Phi) is 6.05. The molecular formula is C35H25N5O2. The number of aryl methyl sites for hydroxylation is 1. The van der Waals surface area contributed by atoms with E-state index in [0.29, 0.717) is 11.3 Å². The maximum atomic E-state index is 11.5. The number of aromatic nitrogens is 4. The Balaban J connectivity index is 1.66. The van der Waals surface area contributed by atoms with Crippen LogP contribution >= 0.6 is 0 Å². The molecule has 0 amide bonds. The third-order valence-corrected chi connectivity index (χ3v) is 7.83. The molecule has 3 aromatic carbocycles. The van der Waals surface area contributed by atoms with Gasteiger partial charge in [-0.2, -0.15) is 0 Å². The first-order valence-electron chi connectivity index (χ1n) is 13.6. The van der Waals surface area contributed by atoms with Crippen molar-refractivity contribution < 1.29 is 4.92 Å². The lowest BCUT2D eigenvalue weighted by Crippen LogP contribution is -2.37. The highest BCUT2D eigenvalue weighted by atomic mass is 16.6. The minimum atomic E-state index is -0.812. The minimum absolute atomic E-state index is 0.221. The first kappa shape index (κ1) is 25.3. The van der Waals surface area contributed by atoms with Gasteiger partial charge in [0.2, 0.25) is 0 Å². The Bertz CT molecular complexity index is 2030. The maximum Gasteiger partial charge on any atom is 0.364 e. The van der Waals surface area contributed by atoms with Crippen molar-refractivity contribution in [2.75, 3.05) is 0 Å². The summed E-state index contributed by atoms with van der Waals surface area (Å²) in [6.07, 6.45) is 5.13. The first-order chi connectivity index (χ1) is 20.6. The van der Waals surface area contributed by atoms with Crippen molar-refractivity contribution in [2.24, 2.45) is 0 Å². The van der Waals surface area contributed by atoms with Gasteiger partial charge in [0.15, 0.2) is 0 Å². The molecule has 0 unspecified atom stereocenters. The van der Waals surface area contributed by atoms with Gasteiger partial charge in [-0.05, 0) is 57.8 Å². The molecule has 0 saturated carbocycles. The van der Waals surface area contributed by atoms with E-state index in [1.165, 1.54) is 17.8 Å². The van der Waals surface area contributed by atoms with Crippen LogP contribution in [0.3, 0.4) is 0 Å². The molecular weight excluding hydrogens is 522 g/mol. The fraction of sp³-hybridized carbons (Fsp3) is 0.0571. The lowest BCUT2D eigenvalue weighted by Gasteiger charge is -2.38. The average molecular weight is 548 g/mol. The van der Waals surface area contributed by atoms with E-state index < -0.39 is 10.5 Å². The summed E-state index contributed by atoms with van der Waals surface area (Å²) in [5.41, 5.74) is 6.52. The van der Waals surface area contributed by atoms with Gasteiger partial charge in [-0.15, -0.1) is 0 Å². The van der Waals surface area contributed by atoms with Gasteiger partial charge in [-0.25, -0.2) is 4.98 Å². The number of fused-ring (bicyclic) bond motifs is 3. The second-order valence-electron chi connectivity index (χ2n) is 10.3. The molecule has 7 aromatic rings. The summed E-state index contributed by atoms with van der Waals surface area (Å²) in [4.78, 5) is 24.6. The molecule has 0 atom stereocenters. The number of nitro groups is 1. The largest absolute Gasteiger partial charge is 0.364 e. The first-order valence-corrected chi connectivity index (χ1v) is 13.6. The van der Waals surface area contributed by atoms with Gasteiger partial charge in [0.05, 0.1) is 11.2 Å². The van der Waals surface area contributed by atoms with Crippen molar-refractivity contribution in [1.29, 1.82) is 0 Å². The average Bonchev–Trinajstić information content (AvgIpc) is 3.37. The molecule has 7 heteroatoms. The van der Waals surface area contributed by atoms with Crippen LogP contribution in [0.15, 0.2) is 134 Å². The predicted molar refractivity (Wildman–Crippen MR) is 164 cm³/mol. The van der Waals surface area contributed by atoms with Crippen LogP contribution in [-0.4, -0.2) is 24.4 Å². The van der Waals surface area contributed by atoms with Crippen LogP contribution in [0.5, 0.6) is 0 Å². The van der Waals surface area contributed by atoms with Gasteiger partial charge in [0, 0.05) is 34.8 Å². The topological polar surface area (TPSA) is 86.7 Å². The van der Waals surface area contributed by atoms with E-state index in [-0.39, 0.29) is 5.82 Å². The number of nitrogens with zero attached hydrogens (tertiary/aromatic N) is 5. The molecule has 0 radical (unpaired) electrons. The molecule has 7 rings (SSSR count). The molecule has 202 valence electrons. The molecule has 0 bridgehead atoms. The zero-order valence-corrected chi connectivity index (χ0v) is 22.8. The Morgan fingerprint density at radius 3 is 2.07 bits per heavy atom. The summed E-state index contributed by atoms with van der Waals surface area (Å²) in [6, 6.07) is 38.7. The van der Waals surface area contributed by atoms with E-state index in [1.54, 1.807) is 12.3 Å². The predicted octanol–water partition coefficient (Wildman–Crippen LogP) is 7.70. The Morgan fingerprint density at radius 2 is 1.40 bits per heavy atom. The van der Waals surface area contributed by atoms with Crippen LogP contribution in [0, 0.1) is 17.0 Å². The summed E-state index contributed by atoms with van der Waals surface area (Å²) >= 11 is 0. The highest BCUT2D eigenvalue weighted by Crippen LogP contribution is 2.46. The van der Waals surface area contributed by atoms with Gasteiger partial charge in [0.1, 0.15) is 17.4 Å². The molecule has 0 N–H and O–H groups in total. The van der Waals surface area contributed by atoms with E-state index >= 15 is 0 Å². The van der Waals surface area contributed by atoms with E-state index in [9.17, 15) is 10.1 Å². The lowest BCUT2D eigenvalue weighted by atomic mass is 9.76. The maximum absolute atomic E-state index is 11.5. The zero-order chi connectivity index (χ0) is 28.7. The number of benzene rings is 3. The highest BCUT2D eigenvalue weighted by Gasteiger charge is 2.41. The number of pyridine rings is 3. The van der Waals surface area contributed by atoms with Crippen LogP contribution in [0.2, 0.25) is 0 Å². The van der Waals surface area contributed by atoms with Crippen LogP contribution in [-0.2, 0) is 5.54 Å². The Morgan fingerprint density at radius 1 is 0.738 bits per heavy atom. The molecule has 42 heavy (non-hydrogen) atoms. The molecule has 4 aromatic heterocycles. The highest BCUT2D eigenvalue weighted by molar-refractivity contribution is 6.07. The summed E-state index contributed by atoms with van der Waals surface area (Å²) < 4.78 is 2.30. The SMILES string of the molecule is Cc1ccc(C(c2ccccc2)(c2ccccc2)n2c3ccncc3c3ccc(-c4ccnc([N+](=O)[O-])c4)nc32)cc1. The van der Waals surface area contributed by atoms with E-state index in [0.717, 1.165) is 38.6 Å². The summed E-state index contributed by atoms with van der Waals surface area (Å²) in [5, 5.41) is 13.4. The quantitative estimate of drug-likeness (QED) is 0.121. The van der Waals surface area contributed by atoms with E-state index in [2.05, 4.69) is 94.3 Å². The second kappa shape index (κ2) is 10.1. The van der Waals surface area contributed by atoms with Gasteiger partial charge in [-0.1, -0.05) is 90.5 Å². The van der Waals surface area contributed by atoms with Gasteiger partial charge in [-0.3, -0.25) is 4.98 Å². The molecule has 0 aliphatic heterocycles. The standard InChI is InChI=1S/C35H25N5O2/c1-24-12-14-28(15-13-24)35(26-8-4-2-5-9-26,27-10-6-3-7-11-27)39-32-19-20-36-23-30(32)29-16-17-31(38-34(29)39)25-18-21-37-33(22-25)40(41)42/h2-23H,1H3. The lowest BCUT2D eigenvalue weighted by molar-refractivity contribution is -0.389. The zero-order valence-electron chi connectivity index (χ0n) is 22.8. The number of rotatable bonds is 6. The normalized spacial score (nSPS) is 11.6. The van der Waals surface area contributed by atoms with Crippen LogP contribution in [0.1, 0.15) is 22.3 Å². The fourth-order valence-electron chi connectivity index (χ4n) is 5.95. The van der Waals surface area contributed by atoms with Crippen molar-refractivity contribution in [1.82, 2.24) is 19.5 Å². The van der Waals surface area contributed by atoms with E-state index in [1.807, 2.05) is 36.5 Å². The number of hydrogen-bond acceptors (Lipinski definition) is 5. The molecule has 0 aliphatic carbocycles. The smallest absolute Gasteiger partial charge is 0.358 e. The van der Waals surface area contributed by atoms with Crippen molar-refractivity contribution in [3.63, 3.8) is 0 Å². The fourth-order valence-corrected chi connectivity index (χ4v) is 5.95. The molecule has 4 heterocycles. The van der Waals surface area contributed by atoms with E-state index in [4.69, 9.17) is 4.98 Å². The molecule has 0 spiro atoms. The molecule has 0 aliphatic rings. The van der Waals surface area contributed by atoms with Gasteiger partial charge >= 0.3 is 5.82 Å². The third-order valence-electron chi connectivity index (χ3n) is 7.83. The van der Waals surface area contributed by atoms with Gasteiger partial charge < -0.3 is 14.7 Å². The molecule has 0 fully saturated rings. The van der Waals surface area contributed by atoms with Gasteiger partial charge in [0.25, 0.3) is 0 Å². The second-order valence-corrected chi connectivity index (χ2v) is 10.3. The number of hydrogen-bond donors (Lipinski definition) is 0. The van der Waals surface area contributed by atoms with Crippen LogP contribution < -0.4 is 0 Å². The minimum Gasteiger partial charge on any atom is -0.358 e. The van der Waals surface area contributed by atoms with Crippen LogP contribution in [0.25, 0.3) is 33.2 Å². The van der Waals surface area contributed by atoms with Crippen molar-refractivity contribution in [2.45, 2.75) is 12.5 Å². The van der Waals surface area contributed by atoms with Crippen molar-refractivity contribution in [3.8, 4) is 11.3 Å². The summed E-state index contributed by atoms with van der Waals surface area (Å²) in [6.45, 7) is 2.09. The Hall–Kier alpha value is -5.69. The third kappa shape index (κ3) is 3.94. The summed E-state index contributed by atoms with van der Waals surface area (Å²) in [5.74, 6) is -0.221. The Labute approximate surface area is 241 Å².